The number of ether oxygens (including phenoxy) is 2. The van der Waals surface area contributed by atoms with Crippen molar-refractivity contribution in [2.24, 2.45) is 17.3 Å². The molecular formula is C17H30O4. The lowest BCUT2D eigenvalue weighted by atomic mass is 9.67. The lowest BCUT2D eigenvalue weighted by Gasteiger charge is -2.43. The molecule has 0 bridgehead atoms. The Labute approximate surface area is 128 Å². The van der Waals surface area contributed by atoms with Gasteiger partial charge >= 0.3 is 5.97 Å². The number of ketones is 1. The van der Waals surface area contributed by atoms with Crippen molar-refractivity contribution in [3.63, 3.8) is 0 Å². The molecule has 0 aromatic rings. The zero-order chi connectivity index (χ0) is 16.3. The number of hydrogen-bond acceptors (Lipinski definition) is 4. The van der Waals surface area contributed by atoms with Gasteiger partial charge in [-0.05, 0) is 43.9 Å². The van der Waals surface area contributed by atoms with E-state index in [0.717, 1.165) is 12.8 Å². The summed E-state index contributed by atoms with van der Waals surface area (Å²) in [5.74, 6) is -1.34. The highest BCUT2D eigenvalue weighted by Gasteiger charge is 2.49. The van der Waals surface area contributed by atoms with E-state index in [1.54, 1.807) is 14.0 Å². The molecule has 21 heavy (non-hydrogen) atoms. The summed E-state index contributed by atoms with van der Waals surface area (Å²) in [6, 6.07) is 0. The third-order valence-corrected chi connectivity index (χ3v) is 4.74. The van der Waals surface area contributed by atoms with Crippen molar-refractivity contribution in [2.75, 3.05) is 13.7 Å². The monoisotopic (exact) mass is 298 g/mol. The molecule has 4 nitrogen and oxygen atoms in total. The van der Waals surface area contributed by atoms with Crippen LogP contribution in [-0.2, 0) is 19.1 Å². The first-order valence-corrected chi connectivity index (χ1v) is 7.95. The van der Waals surface area contributed by atoms with Crippen LogP contribution in [-0.4, -0.2) is 31.1 Å². The van der Waals surface area contributed by atoms with E-state index >= 15 is 0 Å². The fourth-order valence-corrected chi connectivity index (χ4v) is 3.08. The first-order chi connectivity index (χ1) is 9.69. The molecule has 0 amide bonds. The molecule has 122 valence electrons. The van der Waals surface area contributed by atoms with Crippen LogP contribution in [0.2, 0.25) is 0 Å². The van der Waals surface area contributed by atoms with Crippen molar-refractivity contribution in [3.05, 3.63) is 0 Å². The average molecular weight is 298 g/mol. The zero-order valence-electron chi connectivity index (χ0n) is 14.3. The van der Waals surface area contributed by atoms with Crippen LogP contribution in [0.3, 0.4) is 0 Å². The lowest BCUT2D eigenvalue weighted by molar-refractivity contribution is -0.165. The van der Waals surface area contributed by atoms with E-state index in [9.17, 15) is 9.59 Å². The summed E-state index contributed by atoms with van der Waals surface area (Å²) in [5, 5.41) is 0. The van der Waals surface area contributed by atoms with Gasteiger partial charge < -0.3 is 9.47 Å². The Balaban J connectivity index is 2.97. The van der Waals surface area contributed by atoms with Crippen molar-refractivity contribution in [1.29, 1.82) is 0 Å². The van der Waals surface area contributed by atoms with Gasteiger partial charge in [0.25, 0.3) is 0 Å². The minimum Gasteiger partial charge on any atom is -0.465 e. The molecule has 1 aliphatic rings. The fourth-order valence-electron chi connectivity index (χ4n) is 3.08. The lowest BCUT2D eigenvalue weighted by Crippen LogP contribution is -2.51. The van der Waals surface area contributed by atoms with Gasteiger partial charge in [-0.1, -0.05) is 27.7 Å². The van der Waals surface area contributed by atoms with E-state index in [1.807, 2.05) is 13.8 Å². The fraction of sp³-hybridized carbons (Fsp3) is 0.882. The average Bonchev–Trinajstić information content (AvgIpc) is 2.39. The predicted molar refractivity (Wildman–Crippen MR) is 82.0 cm³/mol. The zero-order valence-corrected chi connectivity index (χ0v) is 14.3. The normalized spacial score (nSPS) is 21.9. The van der Waals surface area contributed by atoms with Crippen LogP contribution in [0.15, 0.2) is 0 Å². The molecule has 0 radical (unpaired) electrons. The number of Topliss-reactive ketones (excluding diaryl/α,β-unsaturated/α-hetero) is 1. The highest BCUT2D eigenvalue weighted by atomic mass is 16.5. The standard InChI is InChI=1S/C17H30O4/c1-7-21-15(19)13(12(2)3)14(18)17(20-6)10-8-16(4,5)9-11-17/h12-13H,7-11H2,1-6H3. The van der Waals surface area contributed by atoms with Gasteiger partial charge in [0, 0.05) is 7.11 Å². The number of rotatable bonds is 6. The minimum atomic E-state index is -0.822. The van der Waals surface area contributed by atoms with Gasteiger partial charge in [0.15, 0.2) is 5.78 Å². The summed E-state index contributed by atoms with van der Waals surface area (Å²) in [6.07, 6.45) is 3.22. The molecule has 0 aromatic heterocycles. The van der Waals surface area contributed by atoms with Crippen LogP contribution in [0.5, 0.6) is 0 Å². The molecule has 1 saturated carbocycles. The maximum atomic E-state index is 13.0. The van der Waals surface area contributed by atoms with Gasteiger partial charge in [0.1, 0.15) is 11.5 Å². The SMILES string of the molecule is CCOC(=O)C(C(=O)C1(OC)CCC(C)(C)CC1)C(C)C. The predicted octanol–water partition coefficient (Wildman–Crippen LogP) is 3.38. The van der Waals surface area contributed by atoms with E-state index in [2.05, 4.69) is 13.8 Å². The Morgan fingerprint density at radius 1 is 1.10 bits per heavy atom. The smallest absolute Gasteiger partial charge is 0.316 e. The summed E-state index contributed by atoms with van der Waals surface area (Å²) in [6.45, 7) is 10.2. The van der Waals surface area contributed by atoms with Crippen LogP contribution < -0.4 is 0 Å². The molecule has 0 N–H and O–H groups in total. The molecule has 1 rings (SSSR count). The van der Waals surface area contributed by atoms with E-state index in [-0.39, 0.29) is 17.1 Å². The Morgan fingerprint density at radius 3 is 2.00 bits per heavy atom. The number of hydrogen-bond donors (Lipinski definition) is 0. The Hall–Kier alpha value is -0.900. The van der Waals surface area contributed by atoms with Crippen molar-refractivity contribution in [1.82, 2.24) is 0 Å². The highest BCUT2D eigenvalue weighted by Crippen LogP contribution is 2.43. The summed E-state index contributed by atoms with van der Waals surface area (Å²) in [7, 11) is 1.58. The third-order valence-electron chi connectivity index (χ3n) is 4.74. The van der Waals surface area contributed by atoms with Crippen molar-refractivity contribution in [2.45, 2.75) is 65.9 Å². The second-order valence-electron chi connectivity index (χ2n) is 7.20. The quantitative estimate of drug-likeness (QED) is 0.557. The highest BCUT2D eigenvalue weighted by molar-refractivity contribution is 6.03. The summed E-state index contributed by atoms with van der Waals surface area (Å²) >= 11 is 0. The van der Waals surface area contributed by atoms with Crippen LogP contribution in [0, 0.1) is 17.3 Å². The van der Waals surface area contributed by atoms with Gasteiger partial charge in [-0.3, -0.25) is 9.59 Å². The van der Waals surface area contributed by atoms with Crippen LogP contribution in [0.25, 0.3) is 0 Å². The topological polar surface area (TPSA) is 52.6 Å². The molecular weight excluding hydrogens is 268 g/mol. The third kappa shape index (κ3) is 4.06. The second-order valence-corrected chi connectivity index (χ2v) is 7.20. The molecule has 4 heteroatoms. The van der Waals surface area contributed by atoms with Gasteiger partial charge in [0.2, 0.25) is 0 Å². The number of carbonyl (C=O) groups is 2. The molecule has 0 spiro atoms. The first kappa shape index (κ1) is 18.1. The van der Waals surface area contributed by atoms with Crippen LogP contribution in [0.4, 0.5) is 0 Å². The molecule has 1 fully saturated rings. The molecule has 0 saturated heterocycles. The first-order valence-electron chi connectivity index (χ1n) is 7.95. The number of methoxy groups -OCH3 is 1. The van der Waals surface area contributed by atoms with Gasteiger partial charge in [0.05, 0.1) is 6.61 Å². The van der Waals surface area contributed by atoms with E-state index in [1.165, 1.54) is 0 Å². The van der Waals surface area contributed by atoms with E-state index in [4.69, 9.17) is 9.47 Å². The Bertz CT molecular complexity index is 374. The van der Waals surface area contributed by atoms with Crippen molar-refractivity contribution >= 4 is 11.8 Å². The molecule has 0 aromatic carbocycles. The van der Waals surface area contributed by atoms with Crippen molar-refractivity contribution in [3.8, 4) is 0 Å². The molecule has 1 atom stereocenters. The second kappa shape index (κ2) is 6.91. The van der Waals surface area contributed by atoms with Gasteiger partial charge in [-0.25, -0.2) is 0 Å². The molecule has 1 unspecified atom stereocenters. The van der Waals surface area contributed by atoms with Gasteiger partial charge in [-0.2, -0.15) is 0 Å². The maximum Gasteiger partial charge on any atom is 0.316 e. The van der Waals surface area contributed by atoms with Crippen molar-refractivity contribution < 1.29 is 19.1 Å². The van der Waals surface area contributed by atoms with E-state index in [0.29, 0.717) is 19.4 Å². The summed E-state index contributed by atoms with van der Waals surface area (Å²) in [4.78, 5) is 25.1. The van der Waals surface area contributed by atoms with Crippen LogP contribution in [0.1, 0.15) is 60.3 Å². The minimum absolute atomic E-state index is 0.0847. The summed E-state index contributed by atoms with van der Waals surface area (Å²) < 4.78 is 10.7. The molecule has 0 heterocycles. The van der Waals surface area contributed by atoms with E-state index < -0.39 is 17.5 Å². The maximum absolute atomic E-state index is 13.0. The van der Waals surface area contributed by atoms with Crippen LogP contribution >= 0.6 is 0 Å². The largest absolute Gasteiger partial charge is 0.465 e. The number of esters is 1. The van der Waals surface area contributed by atoms with Gasteiger partial charge in [-0.15, -0.1) is 0 Å². The Morgan fingerprint density at radius 2 is 1.62 bits per heavy atom. The molecule has 1 aliphatic carbocycles. The number of carbonyl (C=O) groups excluding carboxylic acids is 2. The summed E-state index contributed by atoms with van der Waals surface area (Å²) in [5.41, 5.74) is -0.587. The molecule has 0 aliphatic heterocycles. The Kier molecular flexibility index (Phi) is 5.97.